The highest BCUT2D eigenvalue weighted by molar-refractivity contribution is 5.96. The van der Waals surface area contributed by atoms with E-state index in [4.69, 9.17) is 14.6 Å². The van der Waals surface area contributed by atoms with Gasteiger partial charge in [-0.15, -0.1) is 0 Å². The zero-order valence-corrected chi connectivity index (χ0v) is 7.88. The van der Waals surface area contributed by atoms with Crippen molar-refractivity contribution in [2.45, 2.75) is 6.29 Å². The molecule has 0 spiro atoms. The number of methoxy groups -OCH3 is 1. The van der Waals surface area contributed by atoms with Crippen molar-refractivity contribution in [3.05, 3.63) is 18.2 Å². The zero-order chi connectivity index (χ0) is 11.0. The van der Waals surface area contributed by atoms with Gasteiger partial charge in [0.15, 0.2) is 5.75 Å². The first-order valence-electron chi connectivity index (χ1n) is 4.19. The van der Waals surface area contributed by atoms with Gasteiger partial charge in [0.2, 0.25) is 0 Å². The Morgan fingerprint density at radius 3 is 2.93 bits per heavy atom. The van der Waals surface area contributed by atoms with E-state index in [-0.39, 0.29) is 11.4 Å². The van der Waals surface area contributed by atoms with E-state index in [1.165, 1.54) is 19.2 Å². The minimum atomic E-state index is -1.69. The lowest BCUT2D eigenvalue weighted by molar-refractivity contribution is -0.148. The molecule has 0 saturated heterocycles. The number of hydrogen-bond donors (Lipinski definition) is 2. The van der Waals surface area contributed by atoms with E-state index in [0.717, 1.165) is 0 Å². The Balaban J connectivity index is 2.45. The number of fused-ring (bicyclic) bond motifs is 1. The molecule has 1 atom stereocenters. The molecular formula is C9H9NO5. The van der Waals surface area contributed by atoms with Gasteiger partial charge in [-0.25, -0.2) is 0 Å². The van der Waals surface area contributed by atoms with Crippen molar-refractivity contribution >= 4 is 11.6 Å². The molecule has 2 N–H and O–H groups in total. The second-order valence-electron chi connectivity index (χ2n) is 2.95. The Hall–Kier alpha value is -1.79. The van der Waals surface area contributed by atoms with Crippen molar-refractivity contribution in [1.29, 1.82) is 0 Å². The summed E-state index contributed by atoms with van der Waals surface area (Å²) in [5.41, 5.74) is 0.172. The van der Waals surface area contributed by atoms with Gasteiger partial charge < -0.3 is 14.6 Å². The quantitative estimate of drug-likeness (QED) is 0.645. The van der Waals surface area contributed by atoms with Crippen molar-refractivity contribution in [3.63, 3.8) is 0 Å². The van der Waals surface area contributed by atoms with Crippen molar-refractivity contribution in [3.8, 4) is 11.5 Å². The van der Waals surface area contributed by atoms with E-state index in [0.29, 0.717) is 10.8 Å². The molecule has 0 unspecified atom stereocenters. The number of carbonyl (C=O) groups excluding carboxylic acids is 1. The third-order valence-corrected chi connectivity index (χ3v) is 2.05. The predicted molar refractivity (Wildman–Crippen MR) is 48.9 cm³/mol. The first-order valence-corrected chi connectivity index (χ1v) is 4.19. The fraction of sp³-hybridized carbons (Fsp3) is 0.222. The van der Waals surface area contributed by atoms with Crippen LogP contribution in [0.1, 0.15) is 0 Å². The van der Waals surface area contributed by atoms with Gasteiger partial charge in [-0.1, -0.05) is 0 Å². The molecule has 1 aromatic rings. The van der Waals surface area contributed by atoms with Crippen LogP contribution in [0.4, 0.5) is 5.69 Å². The highest BCUT2D eigenvalue weighted by Gasteiger charge is 2.32. The van der Waals surface area contributed by atoms with Crippen LogP contribution in [-0.4, -0.2) is 29.6 Å². The minimum Gasteiger partial charge on any atom is -0.497 e. The number of aliphatic hydroxyl groups excluding tert-OH is 1. The number of ether oxygens (including phenoxy) is 2. The van der Waals surface area contributed by atoms with E-state index in [9.17, 15) is 10.0 Å². The molecule has 80 valence electrons. The highest BCUT2D eigenvalue weighted by atomic mass is 16.6. The van der Waals surface area contributed by atoms with Crippen molar-refractivity contribution < 1.29 is 24.6 Å². The molecule has 1 aromatic carbocycles. The maximum Gasteiger partial charge on any atom is 0.320 e. The number of benzene rings is 1. The van der Waals surface area contributed by atoms with Crippen LogP contribution in [0, 0.1) is 0 Å². The molecule has 1 aliphatic heterocycles. The molecule has 0 aliphatic carbocycles. The number of carbonyl (C=O) groups is 1. The molecule has 2 rings (SSSR count). The topological polar surface area (TPSA) is 79.2 Å². The predicted octanol–water partition coefficient (Wildman–Crippen LogP) is 0.128. The van der Waals surface area contributed by atoms with Crippen LogP contribution in [-0.2, 0) is 4.79 Å². The standard InChI is InChI=1S/C9H9NO5/c1-14-5-2-3-6-7(4-5)15-9(12)8(11)10(6)13/h2-4,9,12-13H,1H3/t9-/m0/s1. The lowest BCUT2D eigenvalue weighted by Crippen LogP contribution is -2.43. The fourth-order valence-corrected chi connectivity index (χ4v) is 1.28. The van der Waals surface area contributed by atoms with Crippen LogP contribution in [0.3, 0.4) is 0 Å². The molecule has 6 heteroatoms. The number of anilines is 1. The normalized spacial score (nSPS) is 19.5. The van der Waals surface area contributed by atoms with E-state index in [2.05, 4.69) is 0 Å². The van der Waals surface area contributed by atoms with Gasteiger partial charge in [0.1, 0.15) is 11.4 Å². The van der Waals surface area contributed by atoms with Gasteiger partial charge in [-0.05, 0) is 12.1 Å². The van der Waals surface area contributed by atoms with E-state index in [1.807, 2.05) is 0 Å². The molecule has 0 fully saturated rings. The lowest BCUT2D eigenvalue weighted by atomic mass is 10.2. The maximum atomic E-state index is 11.1. The molecule has 1 amide bonds. The second-order valence-corrected chi connectivity index (χ2v) is 2.95. The van der Waals surface area contributed by atoms with Crippen LogP contribution >= 0.6 is 0 Å². The monoisotopic (exact) mass is 211 g/mol. The van der Waals surface area contributed by atoms with Crippen LogP contribution in [0.2, 0.25) is 0 Å². The summed E-state index contributed by atoms with van der Waals surface area (Å²) in [5, 5.41) is 18.9. The second kappa shape index (κ2) is 3.41. The number of rotatable bonds is 1. The summed E-state index contributed by atoms with van der Waals surface area (Å²) in [5.74, 6) is -0.236. The lowest BCUT2D eigenvalue weighted by Gasteiger charge is -2.27. The van der Waals surface area contributed by atoms with Gasteiger partial charge in [0.05, 0.1) is 7.11 Å². The Morgan fingerprint density at radius 1 is 1.53 bits per heavy atom. The molecule has 1 heterocycles. The molecule has 0 saturated carbocycles. The van der Waals surface area contributed by atoms with Gasteiger partial charge in [0, 0.05) is 6.07 Å². The first kappa shape index (κ1) is 9.75. The average molecular weight is 211 g/mol. The summed E-state index contributed by atoms with van der Waals surface area (Å²) in [4.78, 5) is 11.1. The summed E-state index contributed by atoms with van der Waals surface area (Å²) in [6, 6.07) is 4.49. The maximum absolute atomic E-state index is 11.1. The molecule has 1 aliphatic rings. The molecular weight excluding hydrogens is 202 g/mol. The van der Waals surface area contributed by atoms with E-state index >= 15 is 0 Å². The third-order valence-electron chi connectivity index (χ3n) is 2.05. The first-order chi connectivity index (χ1) is 7.13. The average Bonchev–Trinajstić information content (AvgIpc) is 2.25. The Morgan fingerprint density at radius 2 is 2.27 bits per heavy atom. The third kappa shape index (κ3) is 1.49. The van der Waals surface area contributed by atoms with Crippen LogP contribution in [0.5, 0.6) is 11.5 Å². The zero-order valence-electron chi connectivity index (χ0n) is 7.88. The Kier molecular flexibility index (Phi) is 2.22. The molecule has 15 heavy (non-hydrogen) atoms. The molecule has 0 bridgehead atoms. The fourth-order valence-electron chi connectivity index (χ4n) is 1.28. The van der Waals surface area contributed by atoms with Gasteiger partial charge >= 0.3 is 5.91 Å². The van der Waals surface area contributed by atoms with Crippen LogP contribution in [0.25, 0.3) is 0 Å². The summed E-state index contributed by atoms with van der Waals surface area (Å²) in [6.07, 6.45) is -1.69. The van der Waals surface area contributed by atoms with Crippen LogP contribution in [0.15, 0.2) is 18.2 Å². The number of hydrogen-bond acceptors (Lipinski definition) is 5. The number of amides is 1. The number of nitrogens with zero attached hydrogens (tertiary/aromatic N) is 1. The van der Waals surface area contributed by atoms with Gasteiger partial charge in [0.25, 0.3) is 6.29 Å². The molecule has 0 aromatic heterocycles. The van der Waals surface area contributed by atoms with Crippen LogP contribution < -0.4 is 14.5 Å². The van der Waals surface area contributed by atoms with Gasteiger partial charge in [-0.2, -0.15) is 5.06 Å². The SMILES string of the molecule is COc1ccc2c(c1)O[C@H](O)C(=O)N2O. The van der Waals surface area contributed by atoms with E-state index < -0.39 is 12.2 Å². The number of hydroxylamine groups is 1. The summed E-state index contributed by atoms with van der Waals surface area (Å²) in [7, 11) is 1.48. The van der Waals surface area contributed by atoms with E-state index in [1.54, 1.807) is 6.07 Å². The summed E-state index contributed by atoms with van der Waals surface area (Å²) < 4.78 is 9.81. The largest absolute Gasteiger partial charge is 0.497 e. The van der Waals surface area contributed by atoms with Crippen molar-refractivity contribution in [1.82, 2.24) is 0 Å². The van der Waals surface area contributed by atoms with Gasteiger partial charge in [-0.3, -0.25) is 10.0 Å². The summed E-state index contributed by atoms with van der Waals surface area (Å²) in [6.45, 7) is 0. The molecule has 6 nitrogen and oxygen atoms in total. The van der Waals surface area contributed by atoms with Crippen molar-refractivity contribution in [2.75, 3.05) is 12.2 Å². The van der Waals surface area contributed by atoms with Crippen molar-refractivity contribution in [2.24, 2.45) is 0 Å². The minimum absolute atomic E-state index is 0.172. The smallest absolute Gasteiger partial charge is 0.320 e. The Labute approximate surface area is 85.2 Å². The number of aliphatic hydroxyl groups is 1. The Bertz CT molecular complexity index is 405. The summed E-state index contributed by atoms with van der Waals surface area (Å²) >= 11 is 0. The highest BCUT2D eigenvalue weighted by Crippen LogP contribution is 2.35. The molecule has 0 radical (unpaired) electrons.